The Balaban J connectivity index is 1.80. The van der Waals surface area contributed by atoms with Crippen molar-refractivity contribution < 1.29 is 13.2 Å². The van der Waals surface area contributed by atoms with E-state index in [2.05, 4.69) is 5.32 Å². The minimum atomic E-state index is -3.68. The second kappa shape index (κ2) is 8.64. The second-order valence-corrected chi connectivity index (χ2v) is 10.3. The van der Waals surface area contributed by atoms with Crippen molar-refractivity contribution >= 4 is 44.8 Å². The Morgan fingerprint density at radius 2 is 1.76 bits per heavy atom. The molecule has 1 heterocycles. The predicted octanol–water partition coefficient (Wildman–Crippen LogP) is 4.96. The number of hydrogen-bond acceptors (Lipinski definition) is 3. The lowest BCUT2D eigenvalue weighted by Crippen LogP contribution is -2.44. The zero-order chi connectivity index (χ0) is 21.3. The van der Waals surface area contributed by atoms with E-state index in [-0.39, 0.29) is 12.5 Å². The molecular formula is C21H24Cl2N2O3S. The molecule has 156 valence electrons. The van der Waals surface area contributed by atoms with E-state index in [1.165, 1.54) is 4.31 Å². The van der Waals surface area contributed by atoms with Crippen molar-refractivity contribution in [1.29, 1.82) is 0 Å². The van der Waals surface area contributed by atoms with Gasteiger partial charge in [-0.1, -0.05) is 40.9 Å². The van der Waals surface area contributed by atoms with Gasteiger partial charge in [0, 0.05) is 18.1 Å². The smallest absolute Gasteiger partial charge is 0.243 e. The lowest BCUT2D eigenvalue weighted by Gasteiger charge is -2.32. The maximum atomic E-state index is 13.3. The average Bonchev–Trinajstić information content (AvgIpc) is 2.63. The molecule has 0 spiro atoms. The van der Waals surface area contributed by atoms with Crippen LogP contribution >= 0.6 is 23.2 Å². The average molecular weight is 455 g/mol. The van der Waals surface area contributed by atoms with Gasteiger partial charge in [-0.2, -0.15) is 4.31 Å². The number of nitrogens with one attached hydrogen (secondary N) is 1. The summed E-state index contributed by atoms with van der Waals surface area (Å²) in [5.74, 6) is -0.692. The summed E-state index contributed by atoms with van der Waals surface area (Å²) in [5, 5.41) is 3.62. The van der Waals surface area contributed by atoms with Crippen molar-refractivity contribution in [3.63, 3.8) is 0 Å². The zero-order valence-electron chi connectivity index (χ0n) is 16.6. The number of carbonyl (C=O) groups excluding carboxylic acids is 1. The highest BCUT2D eigenvalue weighted by Crippen LogP contribution is 2.30. The van der Waals surface area contributed by atoms with E-state index in [0.717, 1.165) is 16.7 Å². The first-order valence-electron chi connectivity index (χ1n) is 9.43. The van der Waals surface area contributed by atoms with Gasteiger partial charge in [-0.3, -0.25) is 4.79 Å². The van der Waals surface area contributed by atoms with E-state index in [1.54, 1.807) is 18.2 Å². The van der Waals surface area contributed by atoms with Gasteiger partial charge in [-0.05, 0) is 62.9 Å². The topological polar surface area (TPSA) is 66.5 Å². The summed E-state index contributed by atoms with van der Waals surface area (Å²) in [4.78, 5) is 13.1. The molecule has 1 aliphatic rings. The van der Waals surface area contributed by atoms with Crippen molar-refractivity contribution in [2.45, 2.75) is 38.5 Å². The number of nitrogens with zero attached hydrogens (tertiary/aromatic N) is 1. The van der Waals surface area contributed by atoms with Crippen LogP contribution in [0.2, 0.25) is 10.0 Å². The van der Waals surface area contributed by atoms with Crippen molar-refractivity contribution in [1.82, 2.24) is 4.31 Å². The summed E-state index contributed by atoms with van der Waals surface area (Å²) >= 11 is 12.0. The highest BCUT2D eigenvalue weighted by Gasteiger charge is 2.35. The molecule has 5 nitrogen and oxygen atoms in total. The standard InChI is InChI=1S/C21H24Cl2N2O3S/c1-13-9-14(2)20(15(3)10-13)29(27,28)25-8-4-5-16(12-25)21(26)24-19-7-6-17(22)11-18(19)23/h6-7,9-11,16H,4-5,8,12H2,1-3H3,(H,24,26)/t16-/m0/s1. The number of benzene rings is 2. The van der Waals surface area contributed by atoms with Gasteiger partial charge in [0.25, 0.3) is 0 Å². The Bertz CT molecular complexity index is 1030. The molecular weight excluding hydrogens is 431 g/mol. The molecule has 29 heavy (non-hydrogen) atoms. The summed E-state index contributed by atoms with van der Waals surface area (Å²) in [6.07, 6.45) is 1.24. The third kappa shape index (κ3) is 4.77. The van der Waals surface area contributed by atoms with E-state index in [9.17, 15) is 13.2 Å². The zero-order valence-corrected chi connectivity index (χ0v) is 19.0. The normalized spacial score (nSPS) is 17.9. The molecule has 1 fully saturated rings. The minimum absolute atomic E-state index is 0.145. The Morgan fingerprint density at radius 3 is 2.38 bits per heavy atom. The monoisotopic (exact) mass is 454 g/mol. The maximum absolute atomic E-state index is 13.3. The fraction of sp³-hybridized carbons (Fsp3) is 0.381. The Hall–Kier alpha value is -1.60. The van der Waals surface area contributed by atoms with E-state index in [4.69, 9.17) is 23.2 Å². The minimum Gasteiger partial charge on any atom is -0.324 e. The van der Waals surface area contributed by atoms with E-state index >= 15 is 0 Å². The maximum Gasteiger partial charge on any atom is 0.243 e. The van der Waals surface area contributed by atoms with Crippen molar-refractivity contribution in [2.75, 3.05) is 18.4 Å². The van der Waals surface area contributed by atoms with Crippen LogP contribution in [0.5, 0.6) is 0 Å². The van der Waals surface area contributed by atoms with Crippen LogP contribution in [0.4, 0.5) is 5.69 Å². The molecule has 3 rings (SSSR count). The highest BCUT2D eigenvalue weighted by molar-refractivity contribution is 7.89. The number of amides is 1. The first kappa shape index (κ1) is 22.1. The summed E-state index contributed by atoms with van der Waals surface area (Å²) < 4.78 is 28.1. The van der Waals surface area contributed by atoms with Crippen LogP contribution < -0.4 is 5.32 Å². The van der Waals surface area contributed by atoms with Crippen LogP contribution in [0.15, 0.2) is 35.2 Å². The van der Waals surface area contributed by atoms with Gasteiger partial charge in [0.05, 0.1) is 21.5 Å². The summed E-state index contributed by atoms with van der Waals surface area (Å²) in [6.45, 7) is 6.11. The third-order valence-electron chi connectivity index (χ3n) is 5.15. The van der Waals surface area contributed by atoms with Gasteiger partial charge < -0.3 is 5.32 Å². The lowest BCUT2D eigenvalue weighted by atomic mass is 9.98. The SMILES string of the molecule is Cc1cc(C)c(S(=O)(=O)N2CCC[C@H](C(=O)Nc3ccc(Cl)cc3Cl)C2)c(C)c1. The Kier molecular flexibility index (Phi) is 6.58. The van der Waals surface area contributed by atoms with Crippen molar-refractivity contribution in [2.24, 2.45) is 5.92 Å². The number of halogens is 2. The summed E-state index contributed by atoms with van der Waals surface area (Å²) in [7, 11) is -3.68. The van der Waals surface area contributed by atoms with E-state index in [1.807, 2.05) is 32.9 Å². The number of piperidine rings is 1. The van der Waals surface area contributed by atoms with Crippen molar-refractivity contribution in [3.8, 4) is 0 Å². The molecule has 1 atom stereocenters. The van der Waals surface area contributed by atoms with Gasteiger partial charge in [0.1, 0.15) is 0 Å². The molecule has 8 heteroatoms. The quantitative estimate of drug-likeness (QED) is 0.709. The first-order chi connectivity index (χ1) is 13.6. The molecule has 0 saturated carbocycles. The molecule has 0 aliphatic carbocycles. The van der Waals surface area contributed by atoms with Gasteiger partial charge in [-0.15, -0.1) is 0 Å². The predicted molar refractivity (Wildman–Crippen MR) is 117 cm³/mol. The third-order valence-corrected chi connectivity index (χ3v) is 7.87. The van der Waals surface area contributed by atoms with Gasteiger partial charge in [0.15, 0.2) is 0 Å². The fourth-order valence-electron chi connectivity index (χ4n) is 3.90. The van der Waals surface area contributed by atoms with Crippen LogP contribution in [-0.4, -0.2) is 31.7 Å². The van der Waals surface area contributed by atoms with Gasteiger partial charge in [0.2, 0.25) is 15.9 Å². The molecule has 1 aliphatic heterocycles. The molecule has 0 bridgehead atoms. The molecule has 2 aromatic carbocycles. The van der Waals surface area contributed by atoms with E-state index in [0.29, 0.717) is 40.0 Å². The largest absolute Gasteiger partial charge is 0.324 e. The molecule has 0 aromatic heterocycles. The first-order valence-corrected chi connectivity index (χ1v) is 11.6. The number of aryl methyl sites for hydroxylation is 3. The second-order valence-electron chi connectivity index (χ2n) is 7.54. The molecule has 1 amide bonds. The Labute approximate surface area is 182 Å². The highest BCUT2D eigenvalue weighted by atomic mass is 35.5. The van der Waals surface area contributed by atoms with Crippen LogP contribution in [0.1, 0.15) is 29.5 Å². The van der Waals surface area contributed by atoms with E-state index < -0.39 is 15.9 Å². The fourth-order valence-corrected chi connectivity index (χ4v) is 6.29. The Morgan fingerprint density at radius 1 is 1.10 bits per heavy atom. The number of hydrogen-bond donors (Lipinski definition) is 1. The van der Waals surface area contributed by atoms with Crippen molar-refractivity contribution in [3.05, 3.63) is 57.1 Å². The summed E-state index contributed by atoms with van der Waals surface area (Å²) in [5.41, 5.74) is 2.94. The molecule has 1 saturated heterocycles. The number of carbonyl (C=O) groups is 1. The molecule has 2 aromatic rings. The molecule has 1 N–H and O–H groups in total. The number of rotatable bonds is 4. The molecule has 0 unspecified atom stereocenters. The van der Waals surface area contributed by atoms with Crippen LogP contribution in [-0.2, 0) is 14.8 Å². The number of anilines is 1. The van der Waals surface area contributed by atoms with Gasteiger partial charge in [-0.25, -0.2) is 8.42 Å². The summed E-state index contributed by atoms with van der Waals surface area (Å²) in [6, 6.07) is 8.58. The van der Waals surface area contributed by atoms with Crippen LogP contribution in [0.3, 0.4) is 0 Å². The number of sulfonamides is 1. The molecule has 0 radical (unpaired) electrons. The lowest BCUT2D eigenvalue weighted by molar-refractivity contribution is -0.120. The van der Waals surface area contributed by atoms with Crippen LogP contribution in [0.25, 0.3) is 0 Å². The van der Waals surface area contributed by atoms with Gasteiger partial charge >= 0.3 is 0 Å². The van der Waals surface area contributed by atoms with Crippen LogP contribution in [0, 0.1) is 26.7 Å².